The lowest BCUT2D eigenvalue weighted by atomic mass is 10.0. The van der Waals surface area contributed by atoms with Gasteiger partial charge < -0.3 is 19.7 Å². The number of hydrogen-bond acceptors (Lipinski definition) is 5. The van der Waals surface area contributed by atoms with Crippen LogP contribution in [0.1, 0.15) is 72.6 Å². The number of aliphatic imine (C=N–C) groups is 1. The Kier molecular flexibility index (Phi) is 14.2. The van der Waals surface area contributed by atoms with E-state index in [1.165, 1.54) is 17.5 Å². The van der Waals surface area contributed by atoms with Crippen molar-refractivity contribution in [2.75, 3.05) is 26.3 Å². The molecule has 2 aliphatic rings. The fourth-order valence-corrected chi connectivity index (χ4v) is 5.18. The van der Waals surface area contributed by atoms with E-state index in [-0.39, 0.29) is 18.0 Å². The molecule has 0 unspecified atom stereocenters. The molecule has 1 fully saturated rings. The summed E-state index contributed by atoms with van der Waals surface area (Å²) in [4.78, 5) is 30.8. The summed E-state index contributed by atoms with van der Waals surface area (Å²) < 4.78 is 11.0. The molecule has 2 heterocycles. The van der Waals surface area contributed by atoms with E-state index in [2.05, 4.69) is 36.8 Å². The molecule has 8 heteroatoms. The molecule has 0 spiro atoms. The van der Waals surface area contributed by atoms with Crippen molar-refractivity contribution in [3.05, 3.63) is 100 Å². The van der Waals surface area contributed by atoms with Crippen molar-refractivity contribution in [3.8, 4) is 5.75 Å². The second kappa shape index (κ2) is 18.0. The number of nitrogens with one attached hydrogen (secondary N) is 1. The number of nitrogens with zero attached hydrogens (tertiary/aromatic N) is 2. The van der Waals surface area contributed by atoms with E-state index in [1.54, 1.807) is 17.9 Å². The first-order chi connectivity index (χ1) is 21.7. The third kappa shape index (κ3) is 10.8. The van der Waals surface area contributed by atoms with Crippen LogP contribution in [0.2, 0.25) is 5.02 Å². The van der Waals surface area contributed by atoms with Gasteiger partial charge in [-0.25, -0.2) is 4.79 Å². The van der Waals surface area contributed by atoms with E-state index in [9.17, 15) is 9.59 Å². The van der Waals surface area contributed by atoms with Crippen molar-refractivity contribution in [3.63, 3.8) is 0 Å². The fraction of sp³-hybridized carbons (Fsp3) is 0.378. The van der Waals surface area contributed by atoms with Gasteiger partial charge in [0, 0.05) is 36.1 Å². The average molecular weight is 632 g/mol. The van der Waals surface area contributed by atoms with E-state index in [0.29, 0.717) is 31.9 Å². The zero-order valence-electron chi connectivity index (χ0n) is 27.2. The van der Waals surface area contributed by atoms with Crippen LogP contribution in [0, 0.1) is 13.8 Å². The molecule has 0 radical (unpaired) electrons. The van der Waals surface area contributed by atoms with Gasteiger partial charge in [0.2, 0.25) is 0 Å². The van der Waals surface area contributed by atoms with Crippen molar-refractivity contribution in [1.29, 1.82) is 0 Å². The highest BCUT2D eigenvalue weighted by Crippen LogP contribution is 2.27. The number of rotatable bonds is 7. The maximum Gasteiger partial charge on any atom is 0.409 e. The van der Waals surface area contributed by atoms with Gasteiger partial charge in [-0.2, -0.15) is 0 Å². The van der Waals surface area contributed by atoms with Crippen LogP contribution in [0.5, 0.6) is 5.75 Å². The molecular formula is C37H46ClN3O4. The monoisotopic (exact) mass is 631 g/mol. The Labute approximate surface area is 273 Å². The summed E-state index contributed by atoms with van der Waals surface area (Å²) in [5.74, 6) is 0.646. The zero-order chi connectivity index (χ0) is 32.8. The largest absolute Gasteiger partial charge is 0.487 e. The van der Waals surface area contributed by atoms with Crippen molar-refractivity contribution in [2.24, 2.45) is 4.99 Å². The van der Waals surface area contributed by atoms with Gasteiger partial charge in [-0.15, -0.1) is 0 Å². The molecule has 1 saturated heterocycles. The highest BCUT2D eigenvalue weighted by Gasteiger charge is 2.25. The van der Waals surface area contributed by atoms with E-state index < -0.39 is 0 Å². The van der Waals surface area contributed by atoms with Crippen molar-refractivity contribution < 1.29 is 19.1 Å². The number of benzene rings is 3. The predicted molar refractivity (Wildman–Crippen MR) is 185 cm³/mol. The standard InChI is InChI=1S/C25H29N3O4.C9H9Cl.C3H8/c1-3-31-25(30)28-12-10-20(11-13-28)27-24(29)19-8-9-23(17(2)14-19)32-16-21-15-18-6-4-5-7-22(18)26-21;1-3-8-4-5-9(10)6-7(8)2;1-3-2/h4-9,14,20H,3,10-13,15-16H2,1-2H3,(H,27,29);3-6H,1H2,2H3;3H2,1-2H3. The maximum absolute atomic E-state index is 12.7. The smallest absolute Gasteiger partial charge is 0.409 e. The first-order valence-corrected chi connectivity index (χ1v) is 16.1. The Balaban J connectivity index is 0.000000356. The molecule has 45 heavy (non-hydrogen) atoms. The van der Waals surface area contributed by atoms with Crippen LogP contribution in [0.25, 0.3) is 6.08 Å². The van der Waals surface area contributed by atoms with E-state index in [0.717, 1.165) is 52.6 Å². The number of halogens is 1. The minimum absolute atomic E-state index is 0.0476. The second-order valence-corrected chi connectivity index (χ2v) is 11.5. The number of piperidine rings is 1. The Morgan fingerprint density at radius 2 is 1.73 bits per heavy atom. The quantitative estimate of drug-likeness (QED) is 0.283. The first kappa shape index (κ1) is 35.4. The third-order valence-corrected chi connectivity index (χ3v) is 7.54. The number of carbonyl (C=O) groups is 2. The zero-order valence-corrected chi connectivity index (χ0v) is 28.0. The number of hydrogen-bond donors (Lipinski definition) is 1. The lowest BCUT2D eigenvalue weighted by Gasteiger charge is -2.31. The number of para-hydroxylation sites is 1. The van der Waals surface area contributed by atoms with Crippen molar-refractivity contribution >= 4 is 41.1 Å². The molecule has 5 rings (SSSR count). The van der Waals surface area contributed by atoms with Crippen molar-refractivity contribution in [2.45, 2.75) is 66.3 Å². The van der Waals surface area contributed by atoms with E-state index in [1.807, 2.05) is 68.5 Å². The fourth-order valence-electron chi connectivity index (χ4n) is 4.95. The summed E-state index contributed by atoms with van der Waals surface area (Å²) >= 11 is 5.74. The average Bonchev–Trinajstić information content (AvgIpc) is 3.45. The highest BCUT2D eigenvalue weighted by molar-refractivity contribution is 6.30. The molecule has 0 saturated carbocycles. The minimum Gasteiger partial charge on any atom is -0.487 e. The number of likely N-dealkylation sites (tertiary alicyclic amines) is 1. The van der Waals surface area contributed by atoms with Crippen LogP contribution >= 0.6 is 11.6 Å². The number of amides is 2. The molecule has 7 nitrogen and oxygen atoms in total. The van der Waals surface area contributed by atoms with E-state index in [4.69, 9.17) is 21.1 Å². The minimum atomic E-state index is -0.282. The molecule has 2 aliphatic heterocycles. The molecule has 0 aromatic heterocycles. The van der Waals surface area contributed by atoms with Gasteiger partial charge in [-0.1, -0.05) is 68.8 Å². The molecule has 0 atom stereocenters. The van der Waals surface area contributed by atoms with Crippen LogP contribution in [0.15, 0.2) is 72.2 Å². The summed E-state index contributed by atoms with van der Waals surface area (Å²) in [6, 6.07) is 19.4. The van der Waals surface area contributed by atoms with Gasteiger partial charge in [0.15, 0.2) is 0 Å². The van der Waals surface area contributed by atoms with Crippen LogP contribution < -0.4 is 10.1 Å². The molecule has 2 amide bonds. The third-order valence-electron chi connectivity index (χ3n) is 7.30. The molecule has 3 aromatic rings. The number of carbonyl (C=O) groups excluding carboxylic acids is 2. The van der Waals surface area contributed by atoms with Gasteiger partial charge in [0.05, 0.1) is 18.0 Å². The molecule has 0 bridgehead atoms. The summed E-state index contributed by atoms with van der Waals surface area (Å²) in [5.41, 5.74) is 7.07. The molecule has 3 aromatic carbocycles. The lowest BCUT2D eigenvalue weighted by Crippen LogP contribution is -2.46. The number of aryl methyl sites for hydroxylation is 2. The maximum atomic E-state index is 12.7. The van der Waals surface area contributed by atoms with Gasteiger partial charge in [0.1, 0.15) is 12.4 Å². The summed E-state index contributed by atoms with van der Waals surface area (Å²) in [6.07, 6.45) is 5.04. The summed E-state index contributed by atoms with van der Waals surface area (Å²) in [6.45, 7) is 15.7. The Morgan fingerprint density at radius 3 is 2.36 bits per heavy atom. The van der Waals surface area contributed by atoms with E-state index >= 15 is 0 Å². The SMILES string of the molecule is C=Cc1ccc(Cl)cc1C.CCC.CCOC(=O)N1CCC(NC(=O)c2ccc(OCC3=Nc4ccccc4C3)c(C)c2)CC1. The van der Waals surface area contributed by atoms with Crippen LogP contribution in [0.3, 0.4) is 0 Å². The topological polar surface area (TPSA) is 80.2 Å². The highest BCUT2D eigenvalue weighted by atomic mass is 35.5. The van der Waals surface area contributed by atoms with Crippen LogP contribution in [-0.2, 0) is 11.2 Å². The summed E-state index contributed by atoms with van der Waals surface area (Å²) in [5, 5.41) is 3.86. The molecule has 1 N–H and O–H groups in total. The predicted octanol–water partition coefficient (Wildman–Crippen LogP) is 8.76. The first-order valence-electron chi connectivity index (χ1n) is 15.7. The molecule has 0 aliphatic carbocycles. The second-order valence-electron chi connectivity index (χ2n) is 11.1. The van der Waals surface area contributed by atoms with Gasteiger partial charge in [-0.05, 0) is 92.3 Å². The number of fused-ring (bicyclic) bond motifs is 1. The molecular weight excluding hydrogens is 586 g/mol. The Bertz CT molecular complexity index is 1480. The summed E-state index contributed by atoms with van der Waals surface area (Å²) in [7, 11) is 0. The van der Waals surface area contributed by atoms with Crippen molar-refractivity contribution in [1.82, 2.24) is 10.2 Å². The van der Waals surface area contributed by atoms with Gasteiger partial charge >= 0.3 is 6.09 Å². The van der Waals surface area contributed by atoms with Crippen LogP contribution in [0.4, 0.5) is 10.5 Å². The van der Waals surface area contributed by atoms with Crippen LogP contribution in [-0.4, -0.2) is 55.0 Å². The molecule has 240 valence electrons. The number of ether oxygens (including phenoxy) is 2. The Hall–Kier alpha value is -4.10. The normalized spacial score (nSPS) is 13.6. The van der Waals surface area contributed by atoms with Gasteiger partial charge in [-0.3, -0.25) is 9.79 Å². The van der Waals surface area contributed by atoms with Gasteiger partial charge in [0.25, 0.3) is 5.91 Å². The Morgan fingerprint density at radius 1 is 1.02 bits per heavy atom. The lowest BCUT2D eigenvalue weighted by molar-refractivity contribution is 0.0860.